The molecule has 1 aliphatic carbocycles. The number of aliphatic imine (C=N–C) groups is 1. The zero-order valence-corrected chi connectivity index (χ0v) is 10.2. The number of hydrogen-bond donors (Lipinski definition) is 2. The zero-order chi connectivity index (χ0) is 12.5. The Morgan fingerprint density at radius 1 is 1.35 bits per heavy atom. The molecule has 0 aromatic heterocycles. The van der Waals surface area contributed by atoms with Gasteiger partial charge >= 0.3 is 0 Å². The van der Waals surface area contributed by atoms with Gasteiger partial charge in [0.25, 0.3) is 5.91 Å². The molecule has 1 aliphatic heterocycles. The second-order valence-corrected chi connectivity index (χ2v) is 5.14. The summed E-state index contributed by atoms with van der Waals surface area (Å²) < 4.78 is 0. The fourth-order valence-electron chi connectivity index (χ4n) is 2.60. The number of nitrogens with zero attached hydrogens (tertiary/aromatic N) is 1. The number of nitrogens with two attached hydrogens (primary N) is 1. The maximum atomic E-state index is 12.1. The van der Waals surface area contributed by atoms with Gasteiger partial charge in [-0.1, -0.05) is 19.3 Å². The number of hydrogen-bond acceptors (Lipinski definition) is 3. The van der Waals surface area contributed by atoms with Gasteiger partial charge in [-0.05, 0) is 19.8 Å². The molecule has 1 fully saturated rings. The Balaban J connectivity index is 2.20. The lowest BCUT2D eigenvalue weighted by atomic mass is 9.72. The summed E-state index contributed by atoms with van der Waals surface area (Å²) in [5.41, 5.74) is 4.77. The predicted molar refractivity (Wildman–Crippen MR) is 64.4 cm³/mol. The Labute approximate surface area is 101 Å². The van der Waals surface area contributed by atoms with E-state index in [2.05, 4.69) is 10.3 Å². The van der Waals surface area contributed by atoms with Crippen LogP contribution in [0.2, 0.25) is 0 Å². The minimum absolute atomic E-state index is 0.109. The van der Waals surface area contributed by atoms with Crippen LogP contribution in [0.1, 0.15) is 45.4 Å². The first-order valence-electron chi connectivity index (χ1n) is 6.24. The first-order chi connectivity index (χ1) is 8.04. The Morgan fingerprint density at radius 3 is 2.53 bits per heavy atom. The number of nitrogens with one attached hydrogen (secondary N) is 1. The van der Waals surface area contributed by atoms with Gasteiger partial charge in [0.15, 0.2) is 0 Å². The summed E-state index contributed by atoms with van der Waals surface area (Å²) in [7, 11) is 0. The molecule has 17 heavy (non-hydrogen) atoms. The maximum Gasteiger partial charge on any atom is 0.263 e. The first kappa shape index (κ1) is 12.2. The Kier molecular flexibility index (Phi) is 3.28. The van der Waals surface area contributed by atoms with Gasteiger partial charge in [-0.15, -0.1) is 0 Å². The Bertz CT molecular complexity index is 368. The molecular weight excluding hydrogens is 218 g/mol. The smallest absolute Gasteiger partial charge is 0.263 e. The van der Waals surface area contributed by atoms with Crippen LogP contribution in [-0.2, 0) is 9.59 Å². The molecule has 1 unspecified atom stereocenters. The number of carbonyl (C=O) groups excluding carboxylic acids is 2. The van der Waals surface area contributed by atoms with E-state index in [1.807, 2.05) is 6.92 Å². The van der Waals surface area contributed by atoms with Crippen LogP contribution in [-0.4, -0.2) is 23.7 Å². The molecule has 94 valence electrons. The van der Waals surface area contributed by atoms with Crippen LogP contribution in [0.4, 0.5) is 0 Å². The lowest BCUT2D eigenvalue weighted by molar-refractivity contribution is -0.144. The van der Waals surface area contributed by atoms with Crippen molar-refractivity contribution in [1.29, 1.82) is 0 Å². The van der Waals surface area contributed by atoms with Gasteiger partial charge in [0, 0.05) is 12.5 Å². The monoisotopic (exact) mass is 237 g/mol. The van der Waals surface area contributed by atoms with Gasteiger partial charge in [-0.2, -0.15) is 4.99 Å². The highest BCUT2D eigenvalue weighted by atomic mass is 16.2. The summed E-state index contributed by atoms with van der Waals surface area (Å²) >= 11 is 0. The van der Waals surface area contributed by atoms with E-state index in [9.17, 15) is 9.59 Å². The van der Waals surface area contributed by atoms with E-state index in [0.717, 1.165) is 19.3 Å². The van der Waals surface area contributed by atoms with Gasteiger partial charge in [0.05, 0.1) is 0 Å². The van der Waals surface area contributed by atoms with Crippen LogP contribution in [0.25, 0.3) is 0 Å². The van der Waals surface area contributed by atoms with E-state index >= 15 is 0 Å². The zero-order valence-electron chi connectivity index (χ0n) is 10.2. The third-order valence-electron chi connectivity index (χ3n) is 3.56. The lowest BCUT2D eigenvalue weighted by Crippen LogP contribution is -2.54. The van der Waals surface area contributed by atoms with Gasteiger partial charge in [-0.25, -0.2) is 0 Å². The largest absolute Gasteiger partial charge is 0.328 e. The lowest BCUT2D eigenvalue weighted by Gasteiger charge is -2.35. The molecule has 5 heteroatoms. The molecule has 0 aromatic carbocycles. The average molecular weight is 237 g/mol. The van der Waals surface area contributed by atoms with Crippen LogP contribution >= 0.6 is 0 Å². The number of amides is 2. The molecule has 1 heterocycles. The quantitative estimate of drug-likeness (QED) is 0.694. The van der Waals surface area contributed by atoms with Gasteiger partial charge in [0.1, 0.15) is 11.3 Å². The normalized spacial score (nSPS) is 25.4. The Hall–Kier alpha value is -1.23. The second kappa shape index (κ2) is 4.56. The molecule has 1 atom stereocenters. The van der Waals surface area contributed by atoms with E-state index in [1.54, 1.807) is 0 Å². The predicted octanol–water partition coefficient (Wildman–Crippen LogP) is 0.729. The van der Waals surface area contributed by atoms with E-state index in [-0.39, 0.29) is 17.9 Å². The van der Waals surface area contributed by atoms with E-state index in [4.69, 9.17) is 5.73 Å². The van der Waals surface area contributed by atoms with Crippen molar-refractivity contribution in [2.24, 2.45) is 16.1 Å². The summed E-state index contributed by atoms with van der Waals surface area (Å²) in [6.07, 6.45) is 4.65. The molecule has 0 saturated heterocycles. The summed E-state index contributed by atoms with van der Waals surface area (Å²) in [5, 5.41) is 2.75. The molecule has 1 spiro atoms. The average Bonchev–Trinajstić information content (AvgIpc) is 2.27. The van der Waals surface area contributed by atoms with Gasteiger partial charge < -0.3 is 11.1 Å². The van der Waals surface area contributed by atoms with Crippen molar-refractivity contribution in [3.8, 4) is 0 Å². The highest BCUT2D eigenvalue weighted by Gasteiger charge is 2.48. The van der Waals surface area contributed by atoms with E-state index in [0.29, 0.717) is 25.1 Å². The second-order valence-electron chi connectivity index (χ2n) is 5.14. The SMILES string of the molecule is CC(N)CC1=NC(=O)C2(CCCCC2)C(=O)N1. The standard InChI is InChI=1S/C12H19N3O2/c1-8(13)7-9-14-10(16)12(11(17)15-9)5-3-2-4-6-12/h8H,2-7,13H2,1H3,(H,14,15,16,17). The highest BCUT2D eigenvalue weighted by Crippen LogP contribution is 2.39. The Morgan fingerprint density at radius 2 is 2.00 bits per heavy atom. The fraction of sp³-hybridized carbons (Fsp3) is 0.750. The van der Waals surface area contributed by atoms with Crippen molar-refractivity contribution >= 4 is 17.6 Å². The number of carbonyl (C=O) groups is 2. The molecule has 2 rings (SSSR count). The number of amidine groups is 1. The van der Waals surface area contributed by atoms with Gasteiger partial charge in [-0.3, -0.25) is 9.59 Å². The third-order valence-corrected chi connectivity index (χ3v) is 3.56. The van der Waals surface area contributed by atoms with Crippen LogP contribution in [0.15, 0.2) is 4.99 Å². The van der Waals surface area contributed by atoms with Crippen LogP contribution in [0.5, 0.6) is 0 Å². The first-order valence-corrected chi connectivity index (χ1v) is 6.24. The number of rotatable bonds is 2. The minimum Gasteiger partial charge on any atom is -0.328 e. The van der Waals surface area contributed by atoms with Crippen molar-refractivity contribution in [2.45, 2.75) is 51.5 Å². The molecule has 3 N–H and O–H groups in total. The van der Waals surface area contributed by atoms with Gasteiger partial charge in [0.2, 0.25) is 5.91 Å². The molecule has 5 nitrogen and oxygen atoms in total. The molecule has 2 aliphatic rings. The van der Waals surface area contributed by atoms with Crippen LogP contribution in [0, 0.1) is 5.41 Å². The fourth-order valence-corrected chi connectivity index (χ4v) is 2.60. The topological polar surface area (TPSA) is 84.5 Å². The van der Waals surface area contributed by atoms with Crippen LogP contribution in [0.3, 0.4) is 0 Å². The van der Waals surface area contributed by atoms with Crippen LogP contribution < -0.4 is 11.1 Å². The molecule has 0 aromatic rings. The molecule has 0 bridgehead atoms. The summed E-state index contributed by atoms with van der Waals surface area (Å²) in [5.74, 6) is -0.0179. The van der Waals surface area contributed by atoms with E-state index in [1.165, 1.54) is 0 Å². The highest BCUT2D eigenvalue weighted by molar-refractivity contribution is 6.18. The third kappa shape index (κ3) is 2.24. The molecular formula is C12H19N3O2. The maximum absolute atomic E-state index is 12.1. The summed E-state index contributed by atoms with van der Waals surface area (Å²) in [4.78, 5) is 28.2. The summed E-state index contributed by atoms with van der Waals surface area (Å²) in [6, 6.07) is -0.109. The summed E-state index contributed by atoms with van der Waals surface area (Å²) in [6.45, 7) is 1.82. The molecule has 2 amide bonds. The van der Waals surface area contributed by atoms with Crippen molar-refractivity contribution in [1.82, 2.24) is 5.32 Å². The van der Waals surface area contributed by atoms with Crippen molar-refractivity contribution in [3.05, 3.63) is 0 Å². The van der Waals surface area contributed by atoms with Crippen molar-refractivity contribution in [2.75, 3.05) is 0 Å². The molecule has 1 saturated carbocycles. The van der Waals surface area contributed by atoms with E-state index < -0.39 is 5.41 Å². The molecule has 0 radical (unpaired) electrons. The minimum atomic E-state index is -0.875. The van der Waals surface area contributed by atoms with Crippen molar-refractivity contribution in [3.63, 3.8) is 0 Å². The van der Waals surface area contributed by atoms with Crippen molar-refractivity contribution < 1.29 is 9.59 Å².